The first-order chi connectivity index (χ1) is 7.65. The lowest BCUT2D eigenvalue weighted by Gasteiger charge is -2.03. The van der Waals surface area contributed by atoms with Crippen LogP contribution in [0.5, 0.6) is 0 Å². The summed E-state index contributed by atoms with van der Waals surface area (Å²) in [4.78, 5) is 22.0. The molecule has 0 spiro atoms. The van der Waals surface area contributed by atoms with Gasteiger partial charge in [0.2, 0.25) is 0 Å². The zero-order valence-electron chi connectivity index (χ0n) is 9.36. The lowest BCUT2D eigenvalue weighted by molar-refractivity contribution is -0.138. The van der Waals surface area contributed by atoms with Crippen molar-refractivity contribution in [3.63, 3.8) is 0 Å². The molecule has 4 nitrogen and oxygen atoms in total. The van der Waals surface area contributed by atoms with Crippen molar-refractivity contribution < 1.29 is 19.4 Å². The summed E-state index contributed by atoms with van der Waals surface area (Å²) < 4.78 is 5.04. The molecule has 0 bridgehead atoms. The van der Waals surface area contributed by atoms with Crippen molar-refractivity contribution >= 4 is 11.9 Å². The van der Waals surface area contributed by atoms with Gasteiger partial charge in [0.1, 0.15) is 0 Å². The van der Waals surface area contributed by atoms with Crippen molar-refractivity contribution in [2.75, 3.05) is 6.61 Å². The highest BCUT2D eigenvalue weighted by atomic mass is 16.5. The van der Waals surface area contributed by atoms with E-state index in [1.54, 1.807) is 0 Å². The van der Waals surface area contributed by atoms with E-state index in [1.807, 2.05) is 6.92 Å². The van der Waals surface area contributed by atoms with Crippen LogP contribution >= 0.6 is 0 Å². The van der Waals surface area contributed by atoms with Gasteiger partial charge in [-0.1, -0.05) is 18.9 Å². The highest BCUT2D eigenvalue weighted by Crippen LogP contribution is 2.32. The Morgan fingerprint density at radius 3 is 2.56 bits per heavy atom. The number of unbranched alkanes of at least 4 members (excludes halogenated alkanes) is 1. The zero-order valence-corrected chi connectivity index (χ0v) is 9.36. The third-order valence-corrected chi connectivity index (χ3v) is 2.22. The van der Waals surface area contributed by atoms with Gasteiger partial charge in [-0.05, 0) is 25.3 Å². The molecular weight excluding hydrogens is 208 g/mol. The smallest absolute Gasteiger partial charge is 0.338 e. The van der Waals surface area contributed by atoms with Gasteiger partial charge in [0.25, 0.3) is 0 Å². The summed E-state index contributed by atoms with van der Waals surface area (Å²) in [6.07, 6.45) is 5.83. The standard InChI is InChI=1S/C12H16O4/c1-2-3-8-16-12(15)10(9-4-5-9)6-7-11(13)14/h6-7H,2-5,8H2,1H3,(H,13,14). The minimum absolute atomic E-state index is 0.396. The first-order valence-corrected chi connectivity index (χ1v) is 5.45. The maximum atomic E-state index is 11.6. The van der Waals surface area contributed by atoms with Crippen LogP contribution in [0.4, 0.5) is 0 Å². The molecule has 88 valence electrons. The number of carbonyl (C=O) groups excluding carboxylic acids is 1. The molecule has 0 aromatic rings. The number of carboxylic acids is 1. The van der Waals surface area contributed by atoms with Gasteiger partial charge in [-0.2, -0.15) is 0 Å². The van der Waals surface area contributed by atoms with Crippen LogP contribution in [0.25, 0.3) is 0 Å². The molecule has 0 heterocycles. The number of aliphatic carboxylic acids is 1. The number of allylic oxidation sites excluding steroid dienone is 1. The van der Waals surface area contributed by atoms with Gasteiger partial charge in [0, 0.05) is 6.08 Å². The van der Waals surface area contributed by atoms with Crippen LogP contribution in [0.15, 0.2) is 23.3 Å². The third-order valence-electron chi connectivity index (χ3n) is 2.22. The molecular formula is C12H16O4. The molecule has 16 heavy (non-hydrogen) atoms. The van der Waals surface area contributed by atoms with Crippen molar-refractivity contribution in [2.45, 2.75) is 32.6 Å². The fraction of sp³-hybridized carbons (Fsp3) is 0.500. The van der Waals surface area contributed by atoms with Crippen LogP contribution in [0.3, 0.4) is 0 Å². The largest absolute Gasteiger partial charge is 0.478 e. The average molecular weight is 224 g/mol. The summed E-state index contributed by atoms with van der Waals surface area (Å²) in [6, 6.07) is 0. The second-order valence-corrected chi connectivity index (χ2v) is 3.68. The number of carboxylic acid groups (broad SMARTS) is 1. The van der Waals surface area contributed by atoms with Crippen molar-refractivity contribution in [3.8, 4) is 0 Å². The molecule has 1 aliphatic rings. The maximum Gasteiger partial charge on any atom is 0.338 e. The minimum atomic E-state index is -1.06. The Balaban J connectivity index is 2.55. The van der Waals surface area contributed by atoms with Crippen LogP contribution in [-0.4, -0.2) is 23.7 Å². The number of rotatable bonds is 6. The molecule has 0 radical (unpaired) electrons. The molecule has 0 aliphatic heterocycles. The average Bonchev–Trinajstić information content (AvgIpc) is 3.02. The molecule has 1 N–H and O–H groups in total. The highest BCUT2D eigenvalue weighted by Gasteiger charge is 2.22. The number of esters is 1. The zero-order chi connectivity index (χ0) is 12.0. The van der Waals surface area contributed by atoms with Crippen LogP contribution in [-0.2, 0) is 14.3 Å². The Bertz CT molecular complexity index is 333. The van der Waals surface area contributed by atoms with E-state index in [-0.39, 0.29) is 0 Å². The van der Waals surface area contributed by atoms with Crippen LogP contribution in [0.2, 0.25) is 0 Å². The molecule has 1 saturated carbocycles. The quantitative estimate of drug-likeness (QED) is 0.426. The fourth-order valence-corrected chi connectivity index (χ4v) is 1.20. The molecule has 0 aromatic heterocycles. The molecule has 4 heteroatoms. The van der Waals surface area contributed by atoms with E-state index in [4.69, 9.17) is 9.84 Å². The van der Waals surface area contributed by atoms with Crippen molar-refractivity contribution in [3.05, 3.63) is 23.3 Å². The summed E-state index contributed by atoms with van der Waals surface area (Å²) in [5.41, 5.74) is 1.40. The van der Waals surface area contributed by atoms with Crippen LogP contribution in [0, 0.1) is 0 Å². The molecule has 0 unspecified atom stereocenters. The molecule has 1 aliphatic carbocycles. The Hall–Kier alpha value is -1.58. The SMILES string of the molecule is CCCCOC(=O)C(C=CC(=O)O)=C1CC1. The second-order valence-electron chi connectivity index (χ2n) is 3.68. The summed E-state index contributed by atoms with van der Waals surface area (Å²) in [5, 5.41) is 8.50. The van der Waals surface area contributed by atoms with Gasteiger partial charge in [-0.3, -0.25) is 0 Å². The highest BCUT2D eigenvalue weighted by molar-refractivity contribution is 5.95. The Morgan fingerprint density at radius 2 is 2.06 bits per heavy atom. The predicted octanol–water partition coefficient (Wildman–Crippen LogP) is 2.06. The van der Waals surface area contributed by atoms with Gasteiger partial charge in [-0.25, -0.2) is 9.59 Å². The van der Waals surface area contributed by atoms with Crippen molar-refractivity contribution in [1.82, 2.24) is 0 Å². The van der Waals surface area contributed by atoms with Gasteiger partial charge < -0.3 is 9.84 Å². The first kappa shape index (κ1) is 12.5. The van der Waals surface area contributed by atoms with E-state index in [0.29, 0.717) is 12.2 Å². The number of carbonyl (C=O) groups is 2. The van der Waals surface area contributed by atoms with Crippen molar-refractivity contribution in [2.24, 2.45) is 0 Å². The van der Waals surface area contributed by atoms with E-state index in [0.717, 1.165) is 37.3 Å². The lowest BCUT2D eigenvalue weighted by atomic mass is 10.2. The normalized spacial score (nSPS) is 13.9. The number of hydrogen-bond acceptors (Lipinski definition) is 3. The van der Waals surface area contributed by atoms with E-state index in [1.165, 1.54) is 6.08 Å². The predicted molar refractivity (Wildman–Crippen MR) is 58.9 cm³/mol. The van der Waals surface area contributed by atoms with Crippen LogP contribution in [0.1, 0.15) is 32.6 Å². The number of hydrogen-bond donors (Lipinski definition) is 1. The Kier molecular flexibility index (Phi) is 4.76. The van der Waals surface area contributed by atoms with E-state index < -0.39 is 11.9 Å². The molecule has 0 atom stereocenters. The molecule has 1 rings (SSSR count). The topological polar surface area (TPSA) is 63.6 Å². The fourth-order valence-electron chi connectivity index (χ4n) is 1.20. The Labute approximate surface area is 94.6 Å². The monoisotopic (exact) mass is 224 g/mol. The number of ether oxygens (including phenoxy) is 1. The molecule has 0 aromatic carbocycles. The van der Waals surface area contributed by atoms with E-state index in [9.17, 15) is 9.59 Å². The van der Waals surface area contributed by atoms with Gasteiger partial charge in [-0.15, -0.1) is 0 Å². The molecule has 0 saturated heterocycles. The third kappa shape index (κ3) is 4.29. The summed E-state index contributed by atoms with van der Waals surface area (Å²) in [5.74, 6) is -1.46. The van der Waals surface area contributed by atoms with Crippen molar-refractivity contribution in [1.29, 1.82) is 0 Å². The van der Waals surface area contributed by atoms with Crippen LogP contribution < -0.4 is 0 Å². The summed E-state index contributed by atoms with van der Waals surface area (Å²) in [7, 11) is 0. The second kappa shape index (κ2) is 6.10. The summed E-state index contributed by atoms with van der Waals surface area (Å²) in [6.45, 7) is 2.41. The van der Waals surface area contributed by atoms with E-state index in [2.05, 4.69) is 0 Å². The maximum absolute atomic E-state index is 11.6. The first-order valence-electron chi connectivity index (χ1n) is 5.45. The summed E-state index contributed by atoms with van der Waals surface area (Å²) >= 11 is 0. The van der Waals surface area contributed by atoms with Gasteiger partial charge in [0.05, 0.1) is 12.2 Å². The van der Waals surface area contributed by atoms with E-state index >= 15 is 0 Å². The Morgan fingerprint density at radius 1 is 1.38 bits per heavy atom. The van der Waals surface area contributed by atoms with Gasteiger partial charge >= 0.3 is 11.9 Å². The van der Waals surface area contributed by atoms with Gasteiger partial charge in [0.15, 0.2) is 0 Å². The minimum Gasteiger partial charge on any atom is -0.478 e. The molecule has 0 amide bonds. The lowest BCUT2D eigenvalue weighted by Crippen LogP contribution is -2.08. The molecule has 1 fully saturated rings.